The highest BCUT2D eigenvalue weighted by Gasteiger charge is 2.31. The maximum atomic E-state index is 12.7. The molecule has 1 heterocycles. The first kappa shape index (κ1) is 13.0. The molecular weight excluding hydrogens is 261 g/mol. The Balaban J connectivity index is 2.60. The van der Waals surface area contributed by atoms with Crippen molar-refractivity contribution in [2.45, 2.75) is 6.18 Å². The normalized spacial score (nSPS) is 11.5. The van der Waals surface area contributed by atoms with E-state index in [2.05, 4.69) is 0 Å². The molecule has 19 heavy (non-hydrogen) atoms. The molecule has 0 aliphatic carbocycles. The first-order chi connectivity index (χ1) is 8.79. The number of aromatic nitrogens is 1. The van der Waals surface area contributed by atoms with E-state index in [4.69, 9.17) is 10.8 Å². The van der Waals surface area contributed by atoms with Gasteiger partial charge in [0.2, 0.25) is 0 Å². The van der Waals surface area contributed by atoms with Gasteiger partial charge in [0.1, 0.15) is 0 Å². The van der Waals surface area contributed by atoms with Crippen molar-refractivity contribution < 1.29 is 23.1 Å². The summed E-state index contributed by atoms with van der Waals surface area (Å²) in [6.07, 6.45) is -4.57. The molecule has 0 aliphatic rings. The maximum absolute atomic E-state index is 12.7. The van der Waals surface area contributed by atoms with Gasteiger partial charge in [0, 0.05) is 17.4 Å². The van der Waals surface area contributed by atoms with Crippen LogP contribution in [0.1, 0.15) is 5.56 Å². The molecule has 0 aliphatic heterocycles. The first-order valence-electron chi connectivity index (χ1n) is 5.18. The Hall–Kier alpha value is -2.44. The fourth-order valence-electron chi connectivity index (χ4n) is 1.75. The third-order valence-electron chi connectivity index (χ3n) is 2.53. The smallest absolute Gasteiger partial charge is 0.416 e. The summed E-state index contributed by atoms with van der Waals surface area (Å²) in [7, 11) is 0. The van der Waals surface area contributed by atoms with Crippen LogP contribution in [0.4, 0.5) is 23.7 Å². The maximum Gasteiger partial charge on any atom is 0.416 e. The molecule has 0 saturated carbocycles. The second kappa shape index (κ2) is 4.34. The molecule has 7 heteroatoms. The van der Waals surface area contributed by atoms with Gasteiger partial charge >= 0.3 is 12.3 Å². The molecule has 0 atom stereocenters. The summed E-state index contributed by atoms with van der Waals surface area (Å²) in [5, 5.41) is 8.92. The summed E-state index contributed by atoms with van der Waals surface area (Å²) in [4.78, 5) is 10.9. The molecule has 0 unspecified atom stereocenters. The lowest BCUT2D eigenvalue weighted by Crippen LogP contribution is -2.09. The van der Waals surface area contributed by atoms with Crippen LogP contribution in [0.15, 0.2) is 36.5 Å². The van der Waals surface area contributed by atoms with Crippen LogP contribution in [-0.2, 0) is 6.18 Å². The number of benzene rings is 1. The zero-order valence-corrected chi connectivity index (χ0v) is 9.48. The molecule has 0 fully saturated rings. The predicted molar refractivity (Wildman–Crippen MR) is 62.7 cm³/mol. The lowest BCUT2D eigenvalue weighted by Gasteiger charge is -2.11. The Bertz CT molecular complexity index is 632. The highest BCUT2D eigenvalue weighted by molar-refractivity contribution is 5.78. The Kier molecular flexibility index (Phi) is 2.97. The quantitative estimate of drug-likeness (QED) is 0.781. The average molecular weight is 270 g/mol. The summed E-state index contributed by atoms with van der Waals surface area (Å²) in [5.41, 5.74) is 4.66. The molecule has 0 spiro atoms. The SMILES string of the molecule is Nc1cc(-c2cccn2C(=O)O)cc(C(F)(F)F)c1. The van der Waals surface area contributed by atoms with Gasteiger partial charge < -0.3 is 10.8 Å². The van der Waals surface area contributed by atoms with Crippen molar-refractivity contribution in [3.05, 3.63) is 42.1 Å². The third-order valence-corrected chi connectivity index (χ3v) is 2.53. The van der Waals surface area contributed by atoms with Crippen LogP contribution in [-0.4, -0.2) is 15.8 Å². The van der Waals surface area contributed by atoms with Gasteiger partial charge in [0.25, 0.3) is 0 Å². The van der Waals surface area contributed by atoms with Crippen molar-refractivity contribution in [3.63, 3.8) is 0 Å². The highest BCUT2D eigenvalue weighted by Crippen LogP contribution is 2.34. The average Bonchev–Trinajstić information content (AvgIpc) is 2.75. The van der Waals surface area contributed by atoms with Gasteiger partial charge in [-0.3, -0.25) is 4.57 Å². The topological polar surface area (TPSA) is 68.2 Å². The van der Waals surface area contributed by atoms with E-state index in [1.165, 1.54) is 24.4 Å². The molecule has 2 rings (SSSR count). The van der Waals surface area contributed by atoms with Crippen LogP contribution >= 0.6 is 0 Å². The molecule has 3 N–H and O–H groups in total. The van der Waals surface area contributed by atoms with E-state index in [-0.39, 0.29) is 16.9 Å². The van der Waals surface area contributed by atoms with Crippen molar-refractivity contribution in [1.82, 2.24) is 4.57 Å². The second-order valence-corrected chi connectivity index (χ2v) is 3.89. The number of carbonyl (C=O) groups is 1. The third kappa shape index (κ3) is 2.54. The Morgan fingerprint density at radius 1 is 1.26 bits per heavy atom. The monoisotopic (exact) mass is 270 g/mol. The summed E-state index contributed by atoms with van der Waals surface area (Å²) < 4.78 is 38.8. The lowest BCUT2D eigenvalue weighted by atomic mass is 10.1. The van der Waals surface area contributed by atoms with Gasteiger partial charge in [-0.1, -0.05) is 0 Å². The van der Waals surface area contributed by atoms with E-state index in [1.807, 2.05) is 0 Å². The minimum Gasteiger partial charge on any atom is -0.464 e. The summed E-state index contributed by atoms with van der Waals surface area (Å²) in [6.45, 7) is 0. The van der Waals surface area contributed by atoms with Gasteiger partial charge in [-0.2, -0.15) is 13.2 Å². The number of anilines is 1. The molecule has 4 nitrogen and oxygen atoms in total. The Morgan fingerprint density at radius 3 is 2.53 bits per heavy atom. The molecule has 2 aromatic rings. The van der Waals surface area contributed by atoms with Crippen LogP contribution in [0.3, 0.4) is 0 Å². The fraction of sp³-hybridized carbons (Fsp3) is 0.0833. The summed E-state index contributed by atoms with van der Waals surface area (Å²) >= 11 is 0. The van der Waals surface area contributed by atoms with E-state index in [9.17, 15) is 18.0 Å². The number of halogens is 3. The zero-order valence-electron chi connectivity index (χ0n) is 9.48. The molecular formula is C12H9F3N2O2. The van der Waals surface area contributed by atoms with Crippen LogP contribution in [0.5, 0.6) is 0 Å². The lowest BCUT2D eigenvalue weighted by molar-refractivity contribution is -0.137. The van der Waals surface area contributed by atoms with Gasteiger partial charge in [0.15, 0.2) is 0 Å². The van der Waals surface area contributed by atoms with Crippen molar-refractivity contribution in [2.24, 2.45) is 0 Å². The zero-order chi connectivity index (χ0) is 14.2. The van der Waals surface area contributed by atoms with Crippen molar-refractivity contribution in [2.75, 3.05) is 5.73 Å². The minimum absolute atomic E-state index is 0.0806. The van der Waals surface area contributed by atoms with Gasteiger partial charge in [-0.15, -0.1) is 0 Å². The molecule has 1 aromatic carbocycles. The molecule has 0 bridgehead atoms. The predicted octanol–water partition coefficient (Wildman–Crippen LogP) is 3.28. The van der Waals surface area contributed by atoms with Crippen molar-refractivity contribution in [1.29, 1.82) is 0 Å². The molecule has 0 saturated heterocycles. The number of hydrogen-bond donors (Lipinski definition) is 2. The van der Waals surface area contributed by atoms with E-state index < -0.39 is 17.8 Å². The number of rotatable bonds is 1. The molecule has 100 valence electrons. The highest BCUT2D eigenvalue weighted by atomic mass is 19.4. The van der Waals surface area contributed by atoms with Crippen LogP contribution in [0, 0.1) is 0 Å². The number of carboxylic acid groups (broad SMARTS) is 1. The number of hydrogen-bond acceptors (Lipinski definition) is 2. The van der Waals surface area contributed by atoms with Crippen molar-refractivity contribution in [3.8, 4) is 11.3 Å². The Labute approximate surface area is 105 Å². The minimum atomic E-state index is -4.54. The second-order valence-electron chi connectivity index (χ2n) is 3.89. The number of nitrogens with two attached hydrogens (primary N) is 1. The fourth-order valence-corrected chi connectivity index (χ4v) is 1.75. The van der Waals surface area contributed by atoms with E-state index >= 15 is 0 Å². The first-order valence-corrected chi connectivity index (χ1v) is 5.18. The molecule has 1 aromatic heterocycles. The number of nitrogen functional groups attached to an aromatic ring is 1. The van der Waals surface area contributed by atoms with Gasteiger partial charge in [0.05, 0.1) is 11.3 Å². The largest absolute Gasteiger partial charge is 0.464 e. The number of nitrogens with zero attached hydrogens (tertiary/aromatic N) is 1. The summed E-state index contributed by atoms with van der Waals surface area (Å²) in [5.74, 6) is 0. The Morgan fingerprint density at radius 2 is 1.95 bits per heavy atom. The van der Waals surface area contributed by atoms with E-state index in [0.717, 1.165) is 16.7 Å². The van der Waals surface area contributed by atoms with Gasteiger partial charge in [-0.05, 0) is 30.3 Å². The molecule has 0 radical (unpaired) electrons. The van der Waals surface area contributed by atoms with E-state index in [0.29, 0.717) is 0 Å². The van der Waals surface area contributed by atoms with Crippen LogP contribution in [0.2, 0.25) is 0 Å². The van der Waals surface area contributed by atoms with Crippen LogP contribution in [0.25, 0.3) is 11.3 Å². The van der Waals surface area contributed by atoms with Crippen LogP contribution < -0.4 is 5.73 Å². The standard InChI is InChI=1S/C12H9F3N2O2/c13-12(14,15)8-4-7(5-9(16)6-8)10-2-1-3-17(10)11(18)19/h1-6H,16H2,(H,18,19). The molecule has 0 amide bonds. The van der Waals surface area contributed by atoms with E-state index in [1.54, 1.807) is 0 Å². The van der Waals surface area contributed by atoms with Gasteiger partial charge in [-0.25, -0.2) is 4.79 Å². The summed E-state index contributed by atoms with van der Waals surface area (Å²) in [6, 6.07) is 5.80. The number of alkyl halides is 3. The van der Waals surface area contributed by atoms with Crippen molar-refractivity contribution >= 4 is 11.8 Å².